The second-order valence-corrected chi connectivity index (χ2v) is 5.45. The molecule has 2 heterocycles. The molecule has 2 aromatic heterocycles. The van der Waals surface area contributed by atoms with E-state index in [9.17, 15) is 0 Å². The molecule has 6 nitrogen and oxygen atoms in total. The van der Waals surface area contributed by atoms with Gasteiger partial charge in [-0.2, -0.15) is 5.10 Å². The van der Waals surface area contributed by atoms with E-state index < -0.39 is 0 Å². The monoisotopic (exact) mass is 322 g/mol. The maximum absolute atomic E-state index is 4.49. The van der Waals surface area contributed by atoms with Crippen LogP contribution >= 0.6 is 0 Å². The molecule has 3 rings (SSSR count). The first kappa shape index (κ1) is 16.0. The highest BCUT2D eigenvalue weighted by Gasteiger charge is 2.03. The Morgan fingerprint density at radius 3 is 2.88 bits per heavy atom. The molecule has 0 aliphatic heterocycles. The van der Waals surface area contributed by atoms with Crippen LogP contribution in [-0.2, 0) is 13.1 Å². The minimum absolute atomic E-state index is 0.639. The Labute approximate surface area is 141 Å². The molecule has 0 bridgehead atoms. The summed E-state index contributed by atoms with van der Waals surface area (Å²) in [5.41, 5.74) is 1.02. The van der Waals surface area contributed by atoms with Gasteiger partial charge in [-0.15, -0.1) is 0 Å². The zero-order valence-corrected chi connectivity index (χ0v) is 13.8. The Hall–Kier alpha value is -2.89. The van der Waals surface area contributed by atoms with Gasteiger partial charge >= 0.3 is 0 Å². The molecule has 0 aliphatic carbocycles. The summed E-state index contributed by atoms with van der Waals surface area (Å²) in [4.78, 5) is 8.75. The van der Waals surface area contributed by atoms with Crippen LogP contribution in [0.3, 0.4) is 0 Å². The number of benzene rings is 1. The fourth-order valence-electron chi connectivity index (χ4n) is 2.59. The molecule has 0 saturated heterocycles. The van der Waals surface area contributed by atoms with Crippen LogP contribution < -0.4 is 10.6 Å². The number of pyridine rings is 1. The Kier molecular flexibility index (Phi) is 5.40. The first-order valence-corrected chi connectivity index (χ1v) is 8.11. The van der Waals surface area contributed by atoms with Crippen molar-refractivity contribution < 1.29 is 0 Å². The van der Waals surface area contributed by atoms with Gasteiger partial charge in [0.1, 0.15) is 0 Å². The van der Waals surface area contributed by atoms with E-state index in [2.05, 4.69) is 37.8 Å². The number of hydrogen-bond donors (Lipinski definition) is 2. The van der Waals surface area contributed by atoms with Crippen LogP contribution in [0.4, 0.5) is 0 Å². The van der Waals surface area contributed by atoms with Crippen molar-refractivity contribution >= 4 is 16.7 Å². The third kappa shape index (κ3) is 4.10. The molecular weight excluding hydrogens is 300 g/mol. The van der Waals surface area contributed by atoms with Gasteiger partial charge in [-0.1, -0.05) is 24.3 Å². The number of aryl methyl sites for hydroxylation is 1. The van der Waals surface area contributed by atoms with Gasteiger partial charge in [0.25, 0.3) is 0 Å². The van der Waals surface area contributed by atoms with Gasteiger partial charge in [-0.3, -0.25) is 14.7 Å². The number of fused-ring (bicyclic) bond motifs is 1. The predicted molar refractivity (Wildman–Crippen MR) is 96.8 cm³/mol. The largest absolute Gasteiger partial charge is 0.356 e. The third-order valence-corrected chi connectivity index (χ3v) is 3.82. The van der Waals surface area contributed by atoms with Gasteiger partial charge in [0.15, 0.2) is 5.96 Å². The summed E-state index contributed by atoms with van der Waals surface area (Å²) >= 11 is 0. The van der Waals surface area contributed by atoms with E-state index >= 15 is 0 Å². The van der Waals surface area contributed by atoms with Gasteiger partial charge in [-0.05, 0) is 23.9 Å². The van der Waals surface area contributed by atoms with Crippen molar-refractivity contribution in [1.82, 2.24) is 25.4 Å². The lowest BCUT2D eigenvalue weighted by Gasteiger charge is -2.12. The standard InChI is InChI=1S/C18H22N6/c1-19-18(21-9-4-12-24-13-5-10-23-24)22-14-17-16-7-3-2-6-15(16)8-11-20-17/h2-3,5-8,10-11,13H,4,9,12,14H2,1H3,(H2,19,21,22). The Balaban J connectivity index is 1.50. The number of guanidine groups is 1. The summed E-state index contributed by atoms with van der Waals surface area (Å²) in [6, 6.07) is 12.2. The average molecular weight is 322 g/mol. The molecule has 0 fully saturated rings. The summed E-state index contributed by atoms with van der Waals surface area (Å²) in [5, 5.41) is 13.2. The topological polar surface area (TPSA) is 67.1 Å². The molecule has 124 valence electrons. The fraction of sp³-hybridized carbons (Fsp3) is 0.278. The lowest BCUT2D eigenvalue weighted by Crippen LogP contribution is -2.37. The van der Waals surface area contributed by atoms with Crippen LogP contribution in [0.1, 0.15) is 12.1 Å². The van der Waals surface area contributed by atoms with Crippen LogP contribution in [0.15, 0.2) is 60.0 Å². The van der Waals surface area contributed by atoms with Crippen molar-refractivity contribution in [2.75, 3.05) is 13.6 Å². The zero-order valence-electron chi connectivity index (χ0n) is 13.8. The maximum atomic E-state index is 4.49. The molecular formula is C18H22N6. The first-order chi connectivity index (χ1) is 11.9. The van der Waals surface area contributed by atoms with Crippen LogP contribution in [0, 0.1) is 0 Å². The van der Waals surface area contributed by atoms with Crippen LogP contribution in [0.25, 0.3) is 10.8 Å². The van der Waals surface area contributed by atoms with Gasteiger partial charge in [0.2, 0.25) is 0 Å². The van der Waals surface area contributed by atoms with Gasteiger partial charge in [0, 0.05) is 44.1 Å². The quantitative estimate of drug-likeness (QED) is 0.415. The molecule has 0 saturated carbocycles. The highest BCUT2D eigenvalue weighted by molar-refractivity contribution is 5.85. The smallest absolute Gasteiger partial charge is 0.191 e. The highest BCUT2D eigenvalue weighted by Crippen LogP contribution is 2.15. The number of nitrogens with zero attached hydrogens (tertiary/aromatic N) is 4. The number of aliphatic imine (C=N–C) groups is 1. The number of hydrogen-bond acceptors (Lipinski definition) is 3. The van der Waals surface area contributed by atoms with E-state index in [0.717, 1.165) is 31.2 Å². The molecule has 0 unspecified atom stereocenters. The van der Waals surface area contributed by atoms with E-state index in [4.69, 9.17) is 0 Å². The SMILES string of the molecule is CN=C(NCCCn1cccn1)NCc1nccc2ccccc12. The average Bonchev–Trinajstić information content (AvgIpc) is 3.14. The fourth-order valence-corrected chi connectivity index (χ4v) is 2.59. The number of rotatable bonds is 6. The summed E-state index contributed by atoms with van der Waals surface area (Å²) in [6.07, 6.45) is 6.60. The van der Waals surface area contributed by atoms with Crippen LogP contribution in [-0.4, -0.2) is 34.3 Å². The number of aromatic nitrogens is 3. The highest BCUT2D eigenvalue weighted by atomic mass is 15.3. The lowest BCUT2D eigenvalue weighted by atomic mass is 10.1. The van der Waals surface area contributed by atoms with Crippen LogP contribution in [0.2, 0.25) is 0 Å². The van der Waals surface area contributed by atoms with Crippen molar-refractivity contribution in [3.63, 3.8) is 0 Å². The molecule has 0 aliphatic rings. The lowest BCUT2D eigenvalue weighted by molar-refractivity contribution is 0.570. The second kappa shape index (κ2) is 8.10. The third-order valence-electron chi connectivity index (χ3n) is 3.82. The molecule has 3 aromatic rings. The number of nitrogens with one attached hydrogen (secondary N) is 2. The molecule has 1 aromatic carbocycles. The minimum atomic E-state index is 0.639. The van der Waals surface area contributed by atoms with Gasteiger partial charge < -0.3 is 10.6 Å². The molecule has 0 atom stereocenters. The van der Waals surface area contributed by atoms with E-state index in [1.165, 1.54) is 10.8 Å². The zero-order chi connectivity index (χ0) is 16.6. The predicted octanol–water partition coefficient (Wildman–Crippen LogP) is 2.19. The van der Waals surface area contributed by atoms with Crippen molar-refractivity contribution in [1.29, 1.82) is 0 Å². The molecule has 0 spiro atoms. The molecule has 0 radical (unpaired) electrons. The van der Waals surface area contributed by atoms with E-state index in [0.29, 0.717) is 6.54 Å². The Morgan fingerprint density at radius 2 is 2.04 bits per heavy atom. The van der Waals surface area contributed by atoms with Gasteiger partial charge in [-0.25, -0.2) is 0 Å². The van der Waals surface area contributed by atoms with E-state index in [1.807, 2.05) is 41.3 Å². The first-order valence-electron chi connectivity index (χ1n) is 8.11. The van der Waals surface area contributed by atoms with Gasteiger partial charge in [0.05, 0.1) is 12.2 Å². The minimum Gasteiger partial charge on any atom is -0.356 e. The van der Waals surface area contributed by atoms with Crippen LogP contribution in [0.5, 0.6) is 0 Å². The van der Waals surface area contributed by atoms with Crippen molar-refractivity contribution in [3.8, 4) is 0 Å². The maximum Gasteiger partial charge on any atom is 0.191 e. The summed E-state index contributed by atoms with van der Waals surface area (Å²) in [7, 11) is 1.78. The molecule has 6 heteroatoms. The van der Waals surface area contributed by atoms with E-state index in [-0.39, 0.29) is 0 Å². The normalized spacial score (nSPS) is 11.6. The molecule has 2 N–H and O–H groups in total. The Bertz CT molecular complexity index is 789. The summed E-state index contributed by atoms with van der Waals surface area (Å²) in [6.45, 7) is 2.37. The molecule has 24 heavy (non-hydrogen) atoms. The molecule has 0 amide bonds. The van der Waals surface area contributed by atoms with E-state index in [1.54, 1.807) is 13.2 Å². The summed E-state index contributed by atoms with van der Waals surface area (Å²) < 4.78 is 1.93. The second-order valence-electron chi connectivity index (χ2n) is 5.45. The van der Waals surface area contributed by atoms with Crippen molar-refractivity contribution in [2.45, 2.75) is 19.5 Å². The summed E-state index contributed by atoms with van der Waals surface area (Å²) in [5.74, 6) is 0.783. The van der Waals surface area contributed by atoms with Crippen molar-refractivity contribution in [2.24, 2.45) is 4.99 Å². The van der Waals surface area contributed by atoms with Crippen molar-refractivity contribution in [3.05, 3.63) is 60.7 Å². The Morgan fingerprint density at radius 1 is 1.12 bits per heavy atom.